The summed E-state index contributed by atoms with van der Waals surface area (Å²) in [6.07, 6.45) is 0. The Labute approximate surface area is 143 Å². The Hall–Kier alpha value is -3.22. The second-order valence-electron chi connectivity index (χ2n) is 5.84. The summed E-state index contributed by atoms with van der Waals surface area (Å²) in [7, 11) is 0. The van der Waals surface area contributed by atoms with Gasteiger partial charge in [-0.1, -0.05) is 0 Å². The van der Waals surface area contributed by atoms with Gasteiger partial charge in [0.25, 0.3) is 0 Å². The molecule has 1 unspecified atom stereocenters. The summed E-state index contributed by atoms with van der Waals surface area (Å²) in [6.45, 7) is 3.80. The number of benzene rings is 2. The van der Waals surface area contributed by atoms with E-state index in [1.807, 2.05) is 18.2 Å². The maximum absolute atomic E-state index is 12.4. The minimum atomic E-state index is -0.434. The van der Waals surface area contributed by atoms with Crippen molar-refractivity contribution in [1.29, 1.82) is 0 Å². The van der Waals surface area contributed by atoms with Gasteiger partial charge in [-0.15, -0.1) is 0 Å². The van der Waals surface area contributed by atoms with Gasteiger partial charge in [0.1, 0.15) is 11.6 Å². The van der Waals surface area contributed by atoms with E-state index < -0.39 is 6.04 Å². The number of anilines is 2. The molecule has 2 heterocycles. The zero-order chi connectivity index (χ0) is 17.4. The second kappa shape index (κ2) is 6.01. The van der Waals surface area contributed by atoms with Gasteiger partial charge < -0.3 is 24.5 Å². The SMILES string of the molecule is Cc1nc2cc(NC(C)C(=O)Nc3ccc4c(c3)OCO4)ccc2o1. The summed E-state index contributed by atoms with van der Waals surface area (Å²) in [5.41, 5.74) is 2.94. The molecule has 7 heteroatoms. The van der Waals surface area contributed by atoms with Crippen LogP contribution < -0.4 is 20.1 Å². The quantitative estimate of drug-likeness (QED) is 0.758. The van der Waals surface area contributed by atoms with Gasteiger partial charge in [0.05, 0.1) is 0 Å². The first-order valence-electron chi connectivity index (χ1n) is 7.93. The first-order chi connectivity index (χ1) is 12.1. The molecule has 25 heavy (non-hydrogen) atoms. The molecule has 1 amide bonds. The van der Waals surface area contributed by atoms with Crippen LogP contribution in [-0.4, -0.2) is 23.7 Å². The third kappa shape index (κ3) is 3.08. The number of ether oxygens (including phenoxy) is 2. The fraction of sp³-hybridized carbons (Fsp3) is 0.222. The van der Waals surface area contributed by atoms with Crippen molar-refractivity contribution in [2.24, 2.45) is 0 Å². The molecule has 0 aliphatic carbocycles. The van der Waals surface area contributed by atoms with Crippen molar-refractivity contribution >= 4 is 28.4 Å². The standard InChI is InChI=1S/C18H17N3O4/c1-10(19-12-3-5-15-14(7-12)20-11(2)25-15)18(22)21-13-4-6-16-17(8-13)24-9-23-16/h3-8,10,19H,9H2,1-2H3,(H,21,22). The van der Waals surface area contributed by atoms with Crippen molar-refractivity contribution in [2.75, 3.05) is 17.4 Å². The molecule has 1 aliphatic rings. The highest BCUT2D eigenvalue weighted by molar-refractivity contribution is 5.96. The average molecular weight is 339 g/mol. The Bertz CT molecular complexity index is 951. The highest BCUT2D eigenvalue weighted by atomic mass is 16.7. The summed E-state index contributed by atoms with van der Waals surface area (Å²) >= 11 is 0. The van der Waals surface area contributed by atoms with Crippen LogP contribution >= 0.6 is 0 Å². The van der Waals surface area contributed by atoms with Crippen LogP contribution in [0.3, 0.4) is 0 Å². The summed E-state index contributed by atoms with van der Waals surface area (Å²) < 4.78 is 16.0. The Morgan fingerprint density at radius 3 is 2.80 bits per heavy atom. The van der Waals surface area contributed by atoms with Crippen LogP contribution in [0.15, 0.2) is 40.8 Å². The lowest BCUT2D eigenvalue weighted by atomic mass is 10.2. The Kier molecular flexibility index (Phi) is 3.68. The molecule has 1 atom stereocenters. The third-order valence-electron chi connectivity index (χ3n) is 3.91. The first-order valence-corrected chi connectivity index (χ1v) is 7.93. The van der Waals surface area contributed by atoms with Crippen molar-refractivity contribution in [2.45, 2.75) is 19.9 Å². The molecule has 1 aromatic heterocycles. The molecule has 0 radical (unpaired) electrons. The predicted octanol–water partition coefficient (Wildman–Crippen LogP) is 3.30. The lowest BCUT2D eigenvalue weighted by Crippen LogP contribution is -2.31. The predicted molar refractivity (Wildman–Crippen MR) is 93.0 cm³/mol. The number of oxazole rings is 1. The highest BCUT2D eigenvalue weighted by Crippen LogP contribution is 2.34. The van der Waals surface area contributed by atoms with Gasteiger partial charge in [-0.25, -0.2) is 4.98 Å². The zero-order valence-corrected chi connectivity index (χ0v) is 13.8. The van der Waals surface area contributed by atoms with Gasteiger partial charge >= 0.3 is 0 Å². The number of carbonyl (C=O) groups excluding carboxylic acids is 1. The molecule has 4 rings (SSSR count). The number of hydrogen-bond acceptors (Lipinski definition) is 6. The maximum Gasteiger partial charge on any atom is 0.246 e. The number of nitrogens with zero attached hydrogens (tertiary/aromatic N) is 1. The van der Waals surface area contributed by atoms with E-state index in [9.17, 15) is 4.79 Å². The summed E-state index contributed by atoms with van der Waals surface area (Å²) in [5, 5.41) is 6.03. The molecule has 0 bridgehead atoms. The molecule has 2 N–H and O–H groups in total. The monoisotopic (exact) mass is 339 g/mol. The van der Waals surface area contributed by atoms with Gasteiger partial charge in [-0.3, -0.25) is 4.79 Å². The van der Waals surface area contributed by atoms with Crippen molar-refractivity contribution < 1.29 is 18.7 Å². The molecule has 0 spiro atoms. The minimum Gasteiger partial charge on any atom is -0.454 e. The van der Waals surface area contributed by atoms with Crippen LogP contribution in [0.5, 0.6) is 11.5 Å². The normalized spacial score (nSPS) is 13.7. The van der Waals surface area contributed by atoms with Gasteiger partial charge in [0.2, 0.25) is 12.7 Å². The molecule has 3 aromatic rings. The number of carbonyl (C=O) groups is 1. The molecular formula is C18H17N3O4. The lowest BCUT2D eigenvalue weighted by Gasteiger charge is -2.15. The molecule has 2 aromatic carbocycles. The van der Waals surface area contributed by atoms with E-state index >= 15 is 0 Å². The molecule has 128 valence electrons. The highest BCUT2D eigenvalue weighted by Gasteiger charge is 2.17. The summed E-state index contributed by atoms with van der Waals surface area (Å²) in [4.78, 5) is 16.7. The van der Waals surface area contributed by atoms with Crippen LogP contribution in [0.2, 0.25) is 0 Å². The van der Waals surface area contributed by atoms with Gasteiger partial charge in [-0.2, -0.15) is 0 Å². The van der Waals surface area contributed by atoms with E-state index in [0.717, 1.165) is 16.8 Å². The van der Waals surface area contributed by atoms with Crippen LogP contribution in [0.25, 0.3) is 11.1 Å². The molecule has 0 fully saturated rings. The Morgan fingerprint density at radius 2 is 1.92 bits per heavy atom. The topological polar surface area (TPSA) is 85.6 Å². The molecule has 0 saturated heterocycles. The Balaban J connectivity index is 1.44. The second-order valence-corrected chi connectivity index (χ2v) is 5.84. The lowest BCUT2D eigenvalue weighted by molar-refractivity contribution is -0.116. The van der Waals surface area contributed by atoms with E-state index in [1.165, 1.54) is 0 Å². The number of rotatable bonds is 4. The van der Waals surface area contributed by atoms with E-state index in [0.29, 0.717) is 23.1 Å². The van der Waals surface area contributed by atoms with Crippen molar-refractivity contribution in [3.63, 3.8) is 0 Å². The van der Waals surface area contributed by atoms with E-state index in [2.05, 4.69) is 15.6 Å². The number of aryl methyl sites for hydroxylation is 1. The van der Waals surface area contributed by atoms with Gasteiger partial charge in [0, 0.05) is 24.4 Å². The summed E-state index contributed by atoms with van der Waals surface area (Å²) in [5.74, 6) is 1.77. The van der Waals surface area contributed by atoms with Crippen LogP contribution in [0, 0.1) is 6.92 Å². The van der Waals surface area contributed by atoms with Crippen molar-refractivity contribution in [1.82, 2.24) is 4.98 Å². The zero-order valence-electron chi connectivity index (χ0n) is 13.8. The van der Waals surface area contributed by atoms with Gasteiger partial charge in [-0.05, 0) is 37.3 Å². The Morgan fingerprint density at radius 1 is 1.12 bits per heavy atom. The fourth-order valence-electron chi connectivity index (χ4n) is 2.67. The number of aromatic nitrogens is 1. The summed E-state index contributed by atoms with van der Waals surface area (Å²) in [6, 6.07) is 10.4. The average Bonchev–Trinajstić information content (AvgIpc) is 3.19. The van der Waals surface area contributed by atoms with Crippen LogP contribution in [-0.2, 0) is 4.79 Å². The number of fused-ring (bicyclic) bond motifs is 2. The van der Waals surface area contributed by atoms with E-state index in [-0.39, 0.29) is 12.7 Å². The van der Waals surface area contributed by atoms with Gasteiger partial charge in [0.15, 0.2) is 23.0 Å². The van der Waals surface area contributed by atoms with E-state index in [1.54, 1.807) is 32.0 Å². The van der Waals surface area contributed by atoms with Crippen LogP contribution in [0.1, 0.15) is 12.8 Å². The maximum atomic E-state index is 12.4. The smallest absolute Gasteiger partial charge is 0.246 e. The molecular weight excluding hydrogens is 322 g/mol. The number of hydrogen-bond donors (Lipinski definition) is 2. The van der Waals surface area contributed by atoms with E-state index in [4.69, 9.17) is 13.9 Å². The fourth-order valence-corrected chi connectivity index (χ4v) is 2.67. The van der Waals surface area contributed by atoms with Crippen molar-refractivity contribution in [3.8, 4) is 11.5 Å². The number of nitrogens with one attached hydrogen (secondary N) is 2. The largest absolute Gasteiger partial charge is 0.454 e. The minimum absolute atomic E-state index is 0.157. The first kappa shape index (κ1) is 15.3. The third-order valence-corrected chi connectivity index (χ3v) is 3.91. The van der Waals surface area contributed by atoms with Crippen LogP contribution in [0.4, 0.5) is 11.4 Å². The van der Waals surface area contributed by atoms with Crippen molar-refractivity contribution in [3.05, 3.63) is 42.3 Å². The molecule has 0 saturated carbocycles. The molecule has 7 nitrogen and oxygen atoms in total. The number of amides is 1. The molecule has 1 aliphatic heterocycles.